The molecule has 1 aliphatic heterocycles. The number of hydrogen-bond donors (Lipinski definition) is 2. The minimum atomic E-state index is -4.67. The Morgan fingerprint density at radius 3 is 2.50 bits per heavy atom. The van der Waals surface area contributed by atoms with Gasteiger partial charge in [0, 0.05) is 6.04 Å². The standard InChI is InChI=1S/C14H18F3NO2/c15-14(16,17)20-11-6-4-10(5-7-11)9-13(19)12-3-1-2-8-18-12/h4-7,12-13,18-19H,1-3,8-9H2. The summed E-state index contributed by atoms with van der Waals surface area (Å²) in [5.41, 5.74) is 0.791. The first-order chi connectivity index (χ1) is 9.44. The molecule has 1 heterocycles. The molecule has 2 rings (SSSR count). The van der Waals surface area contributed by atoms with Gasteiger partial charge in [0.05, 0.1) is 6.10 Å². The molecule has 1 aromatic carbocycles. The average molecular weight is 289 g/mol. The number of rotatable bonds is 4. The zero-order valence-electron chi connectivity index (χ0n) is 11.0. The van der Waals surface area contributed by atoms with Crippen LogP contribution in [-0.4, -0.2) is 30.2 Å². The molecule has 1 saturated heterocycles. The lowest BCUT2D eigenvalue weighted by Crippen LogP contribution is -2.44. The molecule has 112 valence electrons. The molecule has 0 radical (unpaired) electrons. The van der Waals surface area contributed by atoms with Crippen LogP contribution < -0.4 is 10.1 Å². The summed E-state index contributed by atoms with van der Waals surface area (Å²) in [6.45, 7) is 0.903. The fourth-order valence-corrected chi connectivity index (χ4v) is 2.42. The van der Waals surface area contributed by atoms with Crippen molar-refractivity contribution in [3.05, 3.63) is 29.8 Å². The van der Waals surface area contributed by atoms with E-state index in [1.54, 1.807) is 12.1 Å². The molecule has 1 fully saturated rings. The summed E-state index contributed by atoms with van der Waals surface area (Å²) in [5, 5.41) is 13.4. The van der Waals surface area contributed by atoms with Crippen LogP contribution in [-0.2, 0) is 6.42 Å². The van der Waals surface area contributed by atoms with Gasteiger partial charge in [-0.3, -0.25) is 0 Å². The zero-order chi connectivity index (χ0) is 14.6. The average Bonchev–Trinajstić information content (AvgIpc) is 2.40. The molecule has 0 saturated carbocycles. The monoisotopic (exact) mass is 289 g/mol. The Balaban J connectivity index is 1.89. The molecule has 6 heteroatoms. The molecule has 0 aliphatic carbocycles. The summed E-state index contributed by atoms with van der Waals surface area (Å²) in [5.74, 6) is -0.244. The number of ether oxygens (including phenoxy) is 1. The van der Waals surface area contributed by atoms with E-state index >= 15 is 0 Å². The second kappa shape index (κ2) is 6.45. The second-order valence-electron chi connectivity index (χ2n) is 5.02. The van der Waals surface area contributed by atoms with Crippen LogP contribution in [0.1, 0.15) is 24.8 Å². The Labute approximate surface area is 115 Å². The van der Waals surface area contributed by atoms with Crippen molar-refractivity contribution in [3.63, 3.8) is 0 Å². The van der Waals surface area contributed by atoms with Crippen LogP contribution in [0.15, 0.2) is 24.3 Å². The second-order valence-corrected chi connectivity index (χ2v) is 5.02. The van der Waals surface area contributed by atoms with Crippen molar-refractivity contribution >= 4 is 0 Å². The van der Waals surface area contributed by atoms with Crippen LogP contribution in [0.25, 0.3) is 0 Å². The van der Waals surface area contributed by atoms with E-state index in [0.717, 1.165) is 31.4 Å². The lowest BCUT2D eigenvalue weighted by Gasteiger charge is -2.28. The number of halogens is 3. The van der Waals surface area contributed by atoms with Gasteiger partial charge < -0.3 is 15.2 Å². The first kappa shape index (κ1) is 15.1. The minimum Gasteiger partial charge on any atom is -0.406 e. The van der Waals surface area contributed by atoms with Gasteiger partial charge in [-0.15, -0.1) is 13.2 Å². The molecule has 0 amide bonds. The predicted molar refractivity (Wildman–Crippen MR) is 68.5 cm³/mol. The number of benzene rings is 1. The van der Waals surface area contributed by atoms with Crippen molar-refractivity contribution in [1.29, 1.82) is 0 Å². The fraction of sp³-hybridized carbons (Fsp3) is 0.571. The first-order valence-electron chi connectivity index (χ1n) is 6.70. The number of hydrogen-bond acceptors (Lipinski definition) is 3. The van der Waals surface area contributed by atoms with Gasteiger partial charge in [0.2, 0.25) is 0 Å². The molecule has 3 nitrogen and oxygen atoms in total. The molecule has 2 N–H and O–H groups in total. The number of alkyl halides is 3. The predicted octanol–water partition coefficient (Wildman–Crippen LogP) is 2.63. The molecule has 0 aromatic heterocycles. The lowest BCUT2D eigenvalue weighted by molar-refractivity contribution is -0.274. The summed E-state index contributed by atoms with van der Waals surface area (Å²) in [6, 6.07) is 5.70. The maximum absolute atomic E-state index is 12.0. The zero-order valence-corrected chi connectivity index (χ0v) is 11.0. The van der Waals surface area contributed by atoms with Crippen molar-refractivity contribution < 1.29 is 23.0 Å². The van der Waals surface area contributed by atoms with E-state index in [1.807, 2.05) is 0 Å². The minimum absolute atomic E-state index is 0.0647. The van der Waals surface area contributed by atoms with Crippen molar-refractivity contribution in [3.8, 4) is 5.75 Å². The normalized spacial score (nSPS) is 21.5. The highest BCUT2D eigenvalue weighted by Crippen LogP contribution is 2.23. The summed E-state index contributed by atoms with van der Waals surface area (Å²) < 4.78 is 39.9. The van der Waals surface area contributed by atoms with Crippen LogP contribution in [0.5, 0.6) is 5.75 Å². The molecular weight excluding hydrogens is 271 g/mol. The molecule has 0 spiro atoms. The van der Waals surface area contributed by atoms with E-state index in [-0.39, 0.29) is 11.8 Å². The molecule has 2 unspecified atom stereocenters. The van der Waals surface area contributed by atoms with E-state index in [0.29, 0.717) is 6.42 Å². The maximum atomic E-state index is 12.0. The van der Waals surface area contributed by atoms with E-state index in [4.69, 9.17) is 0 Å². The Morgan fingerprint density at radius 1 is 1.25 bits per heavy atom. The summed E-state index contributed by atoms with van der Waals surface area (Å²) >= 11 is 0. The number of aliphatic hydroxyl groups excluding tert-OH is 1. The summed E-state index contributed by atoms with van der Waals surface area (Å²) in [7, 11) is 0. The third-order valence-corrected chi connectivity index (χ3v) is 3.41. The first-order valence-corrected chi connectivity index (χ1v) is 6.70. The Hall–Kier alpha value is -1.27. The Morgan fingerprint density at radius 2 is 1.95 bits per heavy atom. The highest BCUT2D eigenvalue weighted by molar-refractivity contribution is 5.28. The van der Waals surface area contributed by atoms with E-state index < -0.39 is 12.5 Å². The molecule has 1 aromatic rings. The Bertz CT molecular complexity index is 413. The van der Waals surface area contributed by atoms with Crippen LogP contribution in [0.3, 0.4) is 0 Å². The van der Waals surface area contributed by atoms with Crippen LogP contribution in [0, 0.1) is 0 Å². The van der Waals surface area contributed by atoms with Gasteiger partial charge in [-0.25, -0.2) is 0 Å². The fourth-order valence-electron chi connectivity index (χ4n) is 2.42. The van der Waals surface area contributed by atoms with Gasteiger partial charge >= 0.3 is 6.36 Å². The van der Waals surface area contributed by atoms with Crippen molar-refractivity contribution in [2.24, 2.45) is 0 Å². The van der Waals surface area contributed by atoms with Gasteiger partial charge in [-0.05, 0) is 43.5 Å². The molecule has 0 bridgehead atoms. The van der Waals surface area contributed by atoms with Crippen molar-refractivity contribution in [2.45, 2.75) is 44.2 Å². The quantitative estimate of drug-likeness (QED) is 0.895. The highest BCUT2D eigenvalue weighted by atomic mass is 19.4. The highest BCUT2D eigenvalue weighted by Gasteiger charge is 2.31. The molecule has 1 aliphatic rings. The maximum Gasteiger partial charge on any atom is 0.573 e. The van der Waals surface area contributed by atoms with Crippen molar-refractivity contribution in [1.82, 2.24) is 5.32 Å². The molecule has 2 atom stereocenters. The van der Waals surface area contributed by atoms with Gasteiger partial charge in [0.15, 0.2) is 0 Å². The number of nitrogens with one attached hydrogen (secondary N) is 1. The third-order valence-electron chi connectivity index (χ3n) is 3.41. The van der Waals surface area contributed by atoms with Crippen LogP contribution in [0.4, 0.5) is 13.2 Å². The smallest absolute Gasteiger partial charge is 0.406 e. The topological polar surface area (TPSA) is 41.5 Å². The van der Waals surface area contributed by atoms with Crippen molar-refractivity contribution in [2.75, 3.05) is 6.54 Å². The largest absolute Gasteiger partial charge is 0.573 e. The lowest BCUT2D eigenvalue weighted by atomic mass is 9.95. The number of piperidine rings is 1. The molecular formula is C14H18F3NO2. The Kier molecular flexibility index (Phi) is 4.88. The van der Waals surface area contributed by atoms with Gasteiger partial charge in [-0.1, -0.05) is 18.6 Å². The van der Waals surface area contributed by atoms with Gasteiger partial charge in [0.25, 0.3) is 0 Å². The third kappa shape index (κ3) is 4.68. The number of aliphatic hydroxyl groups is 1. The summed E-state index contributed by atoms with van der Waals surface area (Å²) in [6.07, 6.45) is -1.64. The van der Waals surface area contributed by atoms with Gasteiger partial charge in [-0.2, -0.15) is 0 Å². The van der Waals surface area contributed by atoms with Crippen LogP contribution >= 0.6 is 0 Å². The van der Waals surface area contributed by atoms with Crippen LogP contribution in [0.2, 0.25) is 0 Å². The molecule has 20 heavy (non-hydrogen) atoms. The summed E-state index contributed by atoms with van der Waals surface area (Å²) in [4.78, 5) is 0. The van der Waals surface area contributed by atoms with E-state index in [9.17, 15) is 18.3 Å². The van der Waals surface area contributed by atoms with E-state index in [2.05, 4.69) is 10.1 Å². The van der Waals surface area contributed by atoms with E-state index in [1.165, 1.54) is 12.1 Å². The SMILES string of the molecule is OC(Cc1ccc(OC(F)(F)F)cc1)C1CCCCN1. The van der Waals surface area contributed by atoms with Gasteiger partial charge in [0.1, 0.15) is 5.75 Å².